The van der Waals surface area contributed by atoms with Crippen LogP contribution in [0.1, 0.15) is 36.6 Å². The number of rotatable bonds is 3. The number of morpholine rings is 1. The molecule has 0 bridgehead atoms. The summed E-state index contributed by atoms with van der Waals surface area (Å²) in [7, 11) is 0. The van der Waals surface area contributed by atoms with E-state index in [1.54, 1.807) is 0 Å². The Morgan fingerprint density at radius 3 is 2.42 bits per heavy atom. The molecule has 3 nitrogen and oxygen atoms in total. The van der Waals surface area contributed by atoms with Crippen LogP contribution in [0, 0.1) is 13.8 Å². The van der Waals surface area contributed by atoms with Crippen molar-refractivity contribution in [2.45, 2.75) is 45.9 Å². The normalized spacial score (nSPS) is 26.4. The molecule has 19 heavy (non-hydrogen) atoms. The number of ether oxygens (including phenoxy) is 1. The standard InChI is InChI=1S/C16H26N2O/c1-11-5-6-15(7-12(11)2)16(17)10-18-8-13(3)19-14(4)9-18/h5-7,13-14,16H,8-10,17H2,1-4H3/t13-,14+,16?. The van der Waals surface area contributed by atoms with E-state index in [1.165, 1.54) is 16.7 Å². The molecule has 0 radical (unpaired) electrons. The van der Waals surface area contributed by atoms with Gasteiger partial charge in [-0.2, -0.15) is 0 Å². The molecule has 1 unspecified atom stereocenters. The van der Waals surface area contributed by atoms with Crippen LogP contribution in [0.3, 0.4) is 0 Å². The van der Waals surface area contributed by atoms with Gasteiger partial charge < -0.3 is 10.5 Å². The van der Waals surface area contributed by atoms with Crippen molar-refractivity contribution in [2.24, 2.45) is 5.73 Å². The molecule has 1 aliphatic rings. The zero-order chi connectivity index (χ0) is 14.0. The maximum atomic E-state index is 6.35. The van der Waals surface area contributed by atoms with Gasteiger partial charge in [0.1, 0.15) is 0 Å². The average Bonchev–Trinajstić information content (AvgIpc) is 2.31. The summed E-state index contributed by atoms with van der Waals surface area (Å²) in [4.78, 5) is 2.42. The summed E-state index contributed by atoms with van der Waals surface area (Å²) in [5, 5.41) is 0. The molecule has 1 heterocycles. The molecule has 2 N–H and O–H groups in total. The molecule has 1 aliphatic heterocycles. The van der Waals surface area contributed by atoms with Crippen LogP contribution in [0.2, 0.25) is 0 Å². The number of hydrogen-bond acceptors (Lipinski definition) is 3. The molecule has 0 aromatic heterocycles. The molecule has 0 spiro atoms. The molecule has 3 atom stereocenters. The fourth-order valence-electron chi connectivity index (χ4n) is 2.81. The third kappa shape index (κ3) is 3.78. The van der Waals surface area contributed by atoms with Gasteiger partial charge in [0, 0.05) is 25.7 Å². The van der Waals surface area contributed by atoms with Crippen molar-refractivity contribution in [3.05, 3.63) is 34.9 Å². The number of hydrogen-bond donors (Lipinski definition) is 1. The Kier molecular flexibility index (Phi) is 4.61. The van der Waals surface area contributed by atoms with Crippen molar-refractivity contribution in [2.75, 3.05) is 19.6 Å². The van der Waals surface area contributed by atoms with Gasteiger partial charge in [-0.05, 0) is 44.4 Å². The number of benzene rings is 1. The highest BCUT2D eigenvalue weighted by Crippen LogP contribution is 2.18. The summed E-state index contributed by atoms with van der Waals surface area (Å²) in [6, 6.07) is 6.61. The van der Waals surface area contributed by atoms with E-state index in [-0.39, 0.29) is 6.04 Å². The second kappa shape index (κ2) is 6.04. The first-order valence-corrected chi connectivity index (χ1v) is 7.16. The first kappa shape index (κ1) is 14.5. The Morgan fingerprint density at radius 2 is 1.84 bits per heavy atom. The fourth-order valence-corrected chi connectivity index (χ4v) is 2.81. The second-order valence-electron chi connectivity index (χ2n) is 5.93. The van der Waals surface area contributed by atoms with Crippen molar-refractivity contribution in [3.63, 3.8) is 0 Å². The topological polar surface area (TPSA) is 38.5 Å². The molecular weight excluding hydrogens is 236 g/mol. The van der Waals surface area contributed by atoms with Gasteiger partial charge in [0.15, 0.2) is 0 Å². The monoisotopic (exact) mass is 262 g/mol. The van der Waals surface area contributed by atoms with Crippen LogP contribution in [0.25, 0.3) is 0 Å². The lowest BCUT2D eigenvalue weighted by Gasteiger charge is -2.36. The van der Waals surface area contributed by atoms with Gasteiger partial charge in [0.25, 0.3) is 0 Å². The molecule has 0 aliphatic carbocycles. The van der Waals surface area contributed by atoms with E-state index in [0.717, 1.165) is 19.6 Å². The molecule has 3 heteroatoms. The molecule has 1 fully saturated rings. The highest BCUT2D eigenvalue weighted by atomic mass is 16.5. The smallest absolute Gasteiger partial charge is 0.0678 e. The summed E-state index contributed by atoms with van der Waals surface area (Å²) in [6.45, 7) is 11.4. The molecule has 106 valence electrons. The molecular formula is C16H26N2O. The Labute approximate surface area is 116 Å². The van der Waals surface area contributed by atoms with Gasteiger partial charge in [-0.3, -0.25) is 4.90 Å². The second-order valence-corrected chi connectivity index (χ2v) is 5.93. The van der Waals surface area contributed by atoms with E-state index in [2.05, 4.69) is 50.8 Å². The molecule has 1 saturated heterocycles. The van der Waals surface area contributed by atoms with Gasteiger partial charge >= 0.3 is 0 Å². The maximum absolute atomic E-state index is 6.35. The maximum Gasteiger partial charge on any atom is 0.0678 e. The van der Waals surface area contributed by atoms with Crippen LogP contribution in [-0.4, -0.2) is 36.7 Å². The van der Waals surface area contributed by atoms with Crippen LogP contribution in [0.5, 0.6) is 0 Å². The summed E-state index contributed by atoms with van der Waals surface area (Å²) < 4.78 is 5.76. The van der Waals surface area contributed by atoms with E-state index < -0.39 is 0 Å². The van der Waals surface area contributed by atoms with Crippen LogP contribution in [0.15, 0.2) is 18.2 Å². The van der Waals surface area contributed by atoms with Crippen LogP contribution < -0.4 is 5.73 Å². The van der Waals surface area contributed by atoms with E-state index in [1.807, 2.05) is 0 Å². The predicted octanol–water partition coefficient (Wildman–Crippen LogP) is 2.41. The minimum Gasteiger partial charge on any atom is -0.373 e. The van der Waals surface area contributed by atoms with Gasteiger partial charge in [0.2, 0.25) is 0 Å². The van der Waals surface area contributed by atoms with Crippen molar-refractivity contribution in [1.29, 1.82) is 0 Å². The highest BCUT2D eigenvalue weighted by Gasteiger charge is 2.23. The van der Waals surface area contributed by atoms with E-state index in [9.17, 15) is 0 Å². The van der Waals surface area contributed by atoms with Crippen LogP contribution >= 0.6 is 0 Å². The van der Waals surface area contributed by atoms with Gasteiger partial charge in [0.05, 0.1) is 12.2 Å². The zero-order valence-corrected chi connectivity index (χ0v) is 12.5. The SMILES string of the molecule is Cc1ccc(C(N)CN2C[C@@H](C)O[C@@H](C)C2)cc1C. The van der Waals surface area contributed by atoms with Crippen LogP contribution in [-0.2, 0) is 4.74 Å². The van der Waals surface area contributed by atoms with Gasteiger partial charge in [-0.25, -0.2) is 0 Å². The summed E-state index contributed by atoms with van der Waals surface area (Å²) in [6.07, 6.45) is 0.603. The summed E-state index contributed by atoms with van der Waals surface area (Å²) >= 11 is 0. The third-order valence-corrected chi connectivity index (χ3v) is 3.91. The number of nitrogens with zero attached hydrogens (tertiary/aromatic N) is 1. The quantitative estimate of drug-likeness (QED) is 0.909. The molecule has 1 aromatic carbocycles. The summed E-state index contributed by atoms with van der Waals surface area (Å²) in [5.74, 6) is 0. The Bertz CT molecular complexity index is 423. The third-order valence-electron chi connectivity index (χ3n) is 3.91. The molecule has 0 saturated carbocycles. The van der Waals surface area contributed by atoms with E-state index in [4.69, 9.17) is 10.5 Å². The number of nitrogens with two attached hydrogens (primary N) is 1. The average molecular weight is 262 g/mol. The predicted molar refractivity (Wildman–Crippen MR) is 79.3 cm³/mol. The number of aryl methyl sites for hydroxylation is 2. The first-order valence-electron chi connectivity index (χ1n) is 7.16. The Hall–Kier alpha value is -0.900. The first-order chi connectivity index (χ1) is 8.95. The van der Waals surface area contributed by atoms with E-state index >= 15 is 0 Å². The molecule has 1 aromatic rings. The fraction of sp³-hybridized carbons (Fsp3) is 0.625. The Morgan fingerprint density at radius 1 is 1.21 bits per heavy atom. The van der Waals surface area contributed by atoms with Crippen LogP contribution in [0.4, 0.5) is 0 Å². The lowest BCUT2D eigenvalue weighted by atomic mass is 10.0. The molecule has 2 rings (SSSR count). The van der Waals surface area contributed by atoms with Gasteiger partial charge in [-0.1, -0.05) is 18.2 Å². The largest absolute Gasteiger partial charge is 0.373 e. The summed E-state index contributed by atoms with van der Waals surface area (Å²) in [5.41, 5.74) is 10.2. The van der Waals surface area contributed by atoms with Gasteiger partial charge in [-0.15, -0.1) is 0 Å². The van der Waals surface area contributed by atoms with Crippen molar-refractivity contribution in [1.82, 2.24) is 4.90 Å². The van der Waals surface area contributed by atoms with Crippen molar-refractivity contribution >= 4 is 0 Å². The Balaban J connectivity index is 2.00. The highest BCUT2D eigenvalue weighted by molar-refractivity contribution is 5.31. The lowest BCUT2D eigenvalue weighted by Crippen LogP contribution is -2.47. The van der Waals surface area contributed by atoms with E-state index in [0.29, 0.717) is 12.2 Å². The minimum atomic E-state index is 0.0804. The van der Waals surface area contributed by atoms with Crippen molar-refractivity contribution < 1.29 is 4.74 Å². The zero-order valence-electron chi connectivity index (χ0n) is 12.5. The lowest BCUT2D eigenvalue weighted by molar-refractivity contribution is -0.0691. The van der Waals surface area contributed by atoms with Crippen molar-refractivity contribution in [3.8, 4) is 0 Å². The minimum absolute atomic E-state index is 0.0804. The molecule has 0 amide bonds.